The summed E-state index contributed by atoms with van der Waals surface area (Å²) in [5.74, 6) is 0.927. The van der Waals surface area contributed by atoms with Gasteiger partial charge in [0.05, 0.1) is 12.6 Å². The molecule has 0 aliphatic carbocycles. The number of ether oxygens (including phenoxy) is 1. The lowest BCUT2D eigenvalue weighted by Gasteiger charge is -2.19. The predicted molar refractivity (Wildman–Crippen MR) is 82.0 cm³/mol. The first-order valence-corrected chi connectivity index (χ1v) is 7.21. The standard InChI is InChI=1S/C17H22N2O/c1-3-11-20-16-9-5-7-14(12-16)17(19-4-2)15-8-6-10-18-13-15/h5-10,12-13,17,19H,3-4,11H2,1-2H3. The minimum Gasteiger partial charge on any atom is -0.494 e. The Balaban J connectivity index is 2.25. The fraction of sp³-hybridized carbons (Fsp3) is 0.353. The van der Waals surface area contributed by atoms with E-state index in [1.807, 2.05) is 24.4 Å². The molecular formula is C17H22N2O. The third kappa shape index (κ3) is 3.81. The van der Waals surface area contributed by atoms with Gasteiger partial charge in [0.15, 0.2) is 0 Å². The van der Waals surface area contributed by atoms with Gasteiger partial charge in [0.2, 0.25) is 0 Å². The first-order valence-electron chi connectivity index (χ1n) is 7.21. The number of pyridine rings is 1. The molecule has 1 aromatic heterocycles. The van der Waals surface area contributed by atoms with Crippen LogP contribution in [0, 0.1) is 0 Å². The Hall–Kier alpha value is -1.87. The molecule has 106 valence electrons. The van der Waals surface area contributed by atoms with Gasteiger partial charge in [-0.25, -0.2) is 0 Å². The van der Waals surface area contributed by atoms with Crippen molar-refractivity contribution >= 4 is 0 Å². The van der Waals surface area contributed by atoms with Crippen molar-refractivity contribution in [2.75, 3.05) is 13.2 Å². The fourth-order valence-electron chi connectivity index (χ4n) is 2.18. The van der Waals surface area contributed by atoms with Crippen LogP contribution in [-0.2, 0) is 0 Å². The van der Waals surface area contributed by atoms with Crippen LogP contribution >= 0.6 is 0 Å². The molecule has 0 amide bonds. The smallest absolute Gasteiger partial charge is 0.119 e. The summed E-state index contributed by atoms with van der Waals surface area (Å²) in [4.78, 5) is 4.21. The van der Waals surface area contributed by atoms with Crippen LogP contribution in [0.2, 0.25) is 0 Å². The van der Waals surface area contributed by atoms with E-state index in [0.29, 0.717) is 0 Å². The van der Waals surface area contributed by atoms with Gasteiger partial charge in [-0.1, -0.05) is 32.0 Å². The van der Waals surface area contributed by atoms with E-state index in [1.54, 1.807) is 6.20 Å². The molecular weight excluding hydrogens is 248 g/mol. The normalized spacial score (nSPS) is 12.1. The van der Waals surface area contributed by atoms with Gasteiger partial charge in [-0.15, -0.1) is 0 Å². The Morgan fingerprint density at radius 2 is 2.00 bits per heavy atom. The molecule has 0 saturated heterocycles. The Bertz CT molecular complexity index is 513. The van der Waals surface area contributed by atoms with Crippen molar-refractivity contribution in [3.8, 4) is 5.75 Å². The molecule has 1 unspecified atom stereocenters. The van der Waals surface area contributed by atoms with E-state index in [2.05, 4.69) is 42.3 Å². The number of benzene rings is 1. The molecule has 0 bridgehead atoms. The molecule has 0 fully saturated rings. The lowest BCUT2D eigenvalue weighted by atomic mass is 10.00. The van der Waals surface area contributed by atoms with Crippen molar-refractivity contribution in [3.05, 3.63) is 59.9 Å². The van der Waals surface area contributed by atoms with Crippen LogP contribution < -0.4 is 10.1 Å². The third-order valence-electron chi connectivity index (χ3n) is 3.09. The Morgan fingerprint density at radius 3 is 2.70 bits per heavy atom. The quantitative estimate of drug-likeness (QED) is 0.835. The number of rotatable bonds is 7. The number of aromatic nitrogens is 1. The zero-order valence-electron chi connectivity index (χ0n) is 12.2. The summed E-state index contributed by atoms with van der Waals surface area (Å²) in [6.45, 7) is 5.88. The SMILES string of the molecule is CCCOc1cccc(C(NCC)c2cccnc2)c1. The van der Waals surface area contributed by atoms with Gasteiger partial charge < -0.3 is 10.1 Å². The van der Waals surface area contributed by atoms with Crippen molar-refractivity contribution < 1.29 is 4.74 Å². The van der Waals surface area contributed by atoms with Crippen LogP contribution in [0.3, 0.4) is 0 Å². The maximum absolute atomic E-state index is 5.72. The van der Waals surface area contributed by atoms with Crippen molar-refractivity contribution in [1.29, 1.82) is 0 Å². The highest BCUT2D eigenvalue weighted by Crippen LogP contribution is 2.24. The maximum atomic E-state index is 5.72. The van der Waals surface area contributed by atoms with Crippen LogP contribution in [0.1, 0.15) is 37.4 Å². The molecule has 0 radical (unpaired) electrons. The minimum atomic E-state index is 0.152. The third-order valence-corrected chi connectivity index (χ3v) is 3.09. The van der Waals surface area contributed by atoms with Gasteiger partial charge >= 0.3 is 0 Å². The fourth-order valence-corrected chi connectivity index (χ4v) is 2.18. The van der Waals surface area contributed by atoms with Crippen LogP contribution in [0.25, 0.3) is 0 Å². The summed E-state index contributed by atoms with van der Waals surface area (Å²) in [7, 11) is 0. The van der Waals surface area contributed by atoms with Gasteiger partial charge in [-0.2, -0.15) is 0 Å². The predicted octanol–water partition coefficient (Wildman–Crippen LogP) is 3.57. The van der Waals surface area contributed by atoms with E-state index in [-0.39, 0.29) is 6.04 Å². The highest BCUT2D eigenvalue weighted by atomic mass is 16.5. The first-order chi connectivity index (χ1) is 9.85. The Kier molecular flexibility index (Phi) is 5.56. The topological polar surface area (TPSA) is 34.1 Å². The van der Waals surface area contributed by atoms with E-state index >= 15 is 0 Å². The van der Waals surface area contributed by atoms with Crippen molar-refractivity contribution in [1.82, 2.24) is 10.3 Å². The summed E-state index contributed by atoms with van der Waals surface area (Å²) >= 11 is 0. The van der Waals surface area contributed by atoms with E-state index in [0.717, 1.165) is 25.3 Å². The summed E-state index contributed by atoms with van der Waals surface area (Å²) in [5, 5.41) is 3.50. The molecule has 2 rings (SSSR count). The molecule has 0 aliphatic rings. The van der Waals surface area contributed by atoms with Gasteiger partial charge in [0.1, 0.15) is 5.75 Å². The van der Waals surface area contributed by atoms with Gasteiger partial charge in [-0.05, 0) is 42.3 Å². The van der Waals surface area contributed by atoms with Crippen LogP contribution in [0.5, 0.6) is 5.75 Å². The molecule has 20 heavy (non-hydrogen) atoms. The summed E-state index contributed by atoms with van der Waals surface area (Å²) in [6, 6.07) is 12.5. The van der Waals surface area contributed by atoms with Gasteiger partial charge in [-0.3, -0.25) is 4.98 Å². The number of hydrogen-bond donors (Lipinski definition) is 1. The molecule has 2 aromatic rings. The van der Waals surface area contributed by atoms with E-state index in [4.69, 9.17) is 4.74 Å². The number of nitrogens with one attached hydrogen (secondary N) is 1. The Morgan fingerprint density at radius 1 is 1.15 bits per heavy atom. The van der Waals surface area contributed by atoms with Crippen LogP contribution in [0.4, 0.5) is 0 Å². The summed E-state index contributed by atoms with van der Waals surface area (Å²) in [5.41, 5.74) is 2.37. The maximum Gasteiger partial charge on any atom is 0.119 e. The first kappa shape index (κ1) is 14.5. The van der Waals surface area contributed by atoms with Gasteiger partial charge in [0.25, 0.3) is 0 Å². The molecule has 1 aromatic carbocycles. The molecule has 3 heteroatoms. The second-order valence-corrected chi connectivity index (χ2v) is 4.70. The molecule has 0 saturated carbocycles. The zero-order valence-corrected chi connectivity index (χ0v) is 12.2. The van der Waals surface area contributed by atoms with Crippen LogP contribution in [0.15, 0.2) is 48.8 Å². The lowest BCUT2D eigenvalue weighted by molar-refractivity contribution is 0.317. The molecule has 3 nitrogen and oxygen atoms in total. The number of hydrogen-bond acceptors (Lipinski definition) is 3. The zero-order chi connectivity index (χ0) is 14.2. The van der Waals surface area contributed by atoms with E-state index < -0.39 is 0 Å². The molecule has 1 heterocycles. The summed E-state index contributed by atoms with van der Waals surface area (Å²) in [6.07, 6.45) is 4.73. The second-order valence-electron chi connectivity index (χ2n) is 4.70. The van der Waals surface area contributed by atoms with Crippen molar-refractivity contribution in [3.63, 3.8) is 0 Å². The summed E-state index contributed by atoms with van der Waals surface area (Å²) < 4.78 is 5.72. The molecule has 1 atom stereocenters. The minimum absolute atomic E-state index is 0.152. The van der Waals surface area contributed by atoms with E-state index in [9.17, 15) is 0 Å². The van der Waals surface area contributed by atoms with Crippen molar-refractivity contribution in [2.24, 2.45) is 0 Å². The van der Waals surface area contributed by atoms with E-state index in [1.165, 1.54) is 11.1 Å². The van der Waals surface area contributed by atoms with Crippen molar-refractivity contribution in [2.45, 2.75) is 26.3 Å². The largest absolute Gasteiger partial charge is 0.494 e. The van der Waals surface area contributed by atoms with Gasteiger partial charge in [0, 0.05) is 12.4 Å². The highest BCUT2D eigenvalue weighted by molar-refractivity contribution is 5.35. The molecule has 1 N–H and O–H groups in total. The second kappa shape index (κ2) is 7.65. The number of nitrogens with zero attached hydrogens (tertiary/aromatic N) is 1. The average Bonchev–Trinajstić information content (AvgIpc) is 2.52. The highest BCUT2D eigenvalue weighted by Gasteiger charge is 2.13. The lowest BCUT2D eigenvalue weighted by Crippen LogP contribution is -2.22. The average molecular weight is 270 g/mol. The monoisotopic (exact) mass is 270 g/mol. The van der Waals surface area contributed by atoms with Crippen LogP contribution in [-0.4, -0.2) is 18.1 Å². The Labute approximate surface area is 121 Å². The molecule has 0 aliphatic heterocycles. The molecule has 0 spiro atoms.